The fourth-order valence-corrected chi connectivity index (χ4v) is 2.97. The second-order valence-corrected chi connectivity index (χ2v) is 5.72. The number of amides is 1. The van der Waals surface area contributed by atoms with E-state index >= 15 is 0 Å². The van der Waals surface area contributed by atoms with Gasteiger partial charge in [-0.25, -0.2) is 0 Å². The molecule has 2 aliphatic rings. The maximum Gasteiger partial charge on any atom is 0.323 e. The van der Waals surface area contributed by atoms with Gasteiger partial charge >= 0.3 is 5.97 Å². The van der Waals surface area contributed by atoms with Gasteiger partial charge in [-0.2, -0.15) is 0 Å². The lowest BCUT2D eigenvalue weighted by molar-refractivity contribution is -0.147. The summed E-state index contributed by atoms with van der Waals surface area (Å²) in [7, 11) is 0. The van der Waals surface area contributed by atoms with Crippen molar-refractivity contribution in [3.8, 4) is 0 Å². The number of hydrogen-bond acceptors (Lipinski definition) is 3. The van der Waals surface area contributed by atoms with Crippen molar-refractivity contribution in [2.75, 3.05) is 13.1 Å². The van der Waals surface area contributed by atoms with E-state index in [0.717, 1.165) is 19.3 Å². The second-order valence-electron chi connectivity index (χ2n) is 5.72. The number of carbonyl (C=O) groups excluding carboxylic acids is 1. The van der Waals surface area contributed by atoms with E-state index in [1.807, 2.05) is 13.8 Å². The first-order chi connectivity index (χ1) is 8.47. The van der Waals surface area contributed by atoms with Gasteiger partial charge in [0.2, 0.25) is 5.91 Å². The minimum absolute atomic E-state index is 0.0194. The smallest absolute Gasteiger partial charge is 0.323 e. The summed E-state index contributed by atoms with van der Waals surface area (Å²) in [6.07, 6.45) is 2.97. The maximum absolute atomic E-state index is 12.4. The van der Waals surface area contributed by atoms with E-state index in [-0.39, 0.29) is 36.5 Å². The largest absolute Gasteiger partial charge is 0.480 e. The number of ether oxygens (including phenoxy) is 1. The van der Waals surface area contributed by atoms with E-state index < -0.39 is 5.97 Å². The number of carboxylic acid groups (broad SMARTS) is 1. The SMILES string of the molecule is CC(C)CN(CC(=O)O)C(=O)C1CC2CCC1O2. The van der Waals surface area contributed by atoms with Crippen LogP contribution in [-0.2, 0) is 14.3 Å². The molecule has 2 bridgehead atoms. The van der Waals surface area contributed by atoms with Gasteiger partial charge < -0.3 is 14.7 Å². The molecule has 0 saturated carbocycles. The molecule has 0 aromatic carbocycles. The summed E-state index contributed by atoms with van der Waals surface area (Å²) < 4.78 is 5.67. The molecule has 2 rings (SSSR count). The van der Waals surface area contributed by atoms with Crippen molar-refractivity contribution in [2.24, 2.45) is 11.8 Å². The van der Waals surface area contributed by atoms with Crippen LogP contribution in [0.25, 0.3) is 0 Å². The van der Waals surface area contributed by atoms with Gasteiger partial charge in [-0.05, 0) is 25.2 Å². The van der Waals surface area contributed by atoms with Crippen molar-refractivity contribution < 1.29 is 19.4 Å². The Hall–Kier alpha value is -1.10. The fraction of sp³-hybridized carbons (Fsp3) is 0.846. The molecule has 3 atom stereocenters. The molecule has 102 valence electrons. The number of fused-ring (bicyclic) bond motifs is 2. The van der Waals surface area contributed by atoms with E-state index in [4.69, 9.17) is 9.84 Å². The highest BCUT2D eigenvalue weighted by atomic mass is 16.5. The molecule has 18 heavy (non-hydrogen) atoms. The number of carboxylic acids is 1. The topological polar surface area (TPSA) is 66.8 Å². The highest BCUT2D eigenvalue weighted by molar-refractivity contribution is 5.84. The molecule has 0 aromatic rings. The van der Waals surface area contributed by atoms with Crippen LogP contribution >= 0.6 is 0 Å². The van der Waals surface area contributed by atoms with Crippen molar-refractivity contribution in [3.05, 3.63) is 0 Å². The van der Waals surface area contributed by atoms with Crippen LogP contribution in [0.5, 0.6) is 0 Å². The van der Waals surface area contributed by atoms with E-state index in [9.17, 15) is 9.59 Å². The third kappa shape index (κ3) is 2.83. The first-order valence-electron chi connectivity index (χ1n) is 6.63. The summed E-state index contributed by atoms with van der Waals surface area (Å²) in [5.41, 5.74) is 0. The minimum Gasteiger partial charge on any atom is -0.480 e. The standard InChI is InChI=1S/C13H21NO4/c1-8(2)6-14(7-12(15)16)13(17)10-5-9-3-4-11(10)18-9/h8-11H,3-7H2,1-2H3,(H,15,16). The molecule has 0 aromatic heterocycles. The summed E-state index contributed by atoms with van der Waals surface area (Å²) in [5.74, 6) is -0.846. The van der Waals surface area contributed by atoms with Crippen LogP contribution in [0.1, 0.15) is 33.1 Å². The van der Waals surface area contributed by atoms with Crippen LogP contribution in [0.15, 0.2) is 0 Å². The van der Waals surface area contributed by atoms with E-state index in [0.29, 0.717) is 6.54 Å². The van der Waals surface area contributed by atoms with Crippen molar-refractivity contribution in [1.82, 2.24) is 4.90 Å². The van der Waals surface area contributed by atoms with Gasteiger partial charge in [0, 0.05) is 6.54 Å². The molecule has 2 heterocycles. The van der Waals surface area contributed by atoms with Crippen LogP contribution in [0.2, 0.25) is 0 Å². The molecule has 0 spiro atoms. The zero-order valence-corrected chi connectivity index (χ0v) is 11.0. The Kier molecular flexibility index (Phi) is 3.90. The third-order valence-electron chi connectivity index (χ3n) is 3.65. The summed E-state index contributed by atoms with van der Waals surface area (Å²) in [6, 6.07) is 0. The molecule has 5 heteroatoms. The normalized spacial score (nSPS) is 29.8. The van der Waals surface area contributed by atoms with Gasteiger partial charge in [0.05, 0.1) is 18.1 Å². The Morgan fingerprint density at radius 2 is 2.11 bits per heavy atom. The Labute approximate surface area is 107 Å². The molecule has 1 amide bonds. The van der Waals surface area contributed by atoms with Gasteiger partial charge in [0.1, 0.15) is 6.54 Å². The predicted octanol–water partition coefficient (Wildman–Crippen LogP) is 1.12. The Morgan fingerprint density at radius 3 is 2.56 bits per heavy atom. The molecular weight excluding hydrogens is 234 g/mol. The Morgan fingerprint density at radius 1 is 1.39 bits per heavy atom. The van der Waals surface area contributed by atoms with Gasteiger partial charge in [-0.15, -0.1) is 0 Å². The number of hydrogen-bond donors (Lipinski definition) is 1. The molecular formula is C13H21NO4. The molecule has 0 radical (unpaired) electrons. The minimum atomic E-state index is -0.951. The van der Waals surface area contributed by atoms with Gasteiger partial charge in [0.15, 0.2) is 0 Å². The maximum atomic E-state index is 12.4. The molecule has 3 unspecified atom stereocenters. The number of rotatable bonds is 5. The van der Waals surface area contributed by atoms with E-state index in [1.165, 1.54) is 4.90 Å². The van der Waals surface area contributed by atoms with Crippen LogP contribution in [0.3, 0.4) is 0 Å². The highest BCUT2D eigenvalue weighted by Gasteiger charge is 2.45. The van der Waals surface area contributed by atoms with Crippen LogP contribution in [-0.4, -0.2) is 47.2 Å². The predicted molar refractivity (Wildman–Crippen MR) is 65.1 cm³/mol. The van der Waals surface area contributed by atoms with Crippen molar-refractivity contribution in [2.45, 2.75) is 45.3 Å². The van der Waals surface area contributed by atoms with Gasteiger partial charge in [-0.1, -0.05) is 13.8 Å². The molecule has 0 aliphatic carbocycles. The van der Waals surface area contributed by atoms with Crippen molar-refractivity contribution in [3.63, 3.8) is 0 Å². The molecule has 2 aliphatic heterocycles. The number of aliphatic carboxylic acids is 1. The lowest BCUT2D eigenvalue weighted by atomic mass is 9.88. The van der Waals surface area contributed by atoms with E-state index in [1.54, 1.807) is 0 Å². The van der Waals surface area contributed by atoms with Crippen molar-refractivity contribution in [1.29, 1.82) is 0 Å². The number of carbonyl (C=O) groups is 2. The average molecular weight is 255 g/mol. The monoisotopic (exact) mass is 255 g/mol. The molecule has 5 nitrogen and oxygen atoms in total. The summed E-state index contributed by atoms with van der Waals surface area (Å²) in [4.78, 5) is 24.7. The Balaban J connectivity index is 2.00. The summed E-state index contributed by atoms with van der Waals surface area (Å²) in [5, 5.41) is 8.90. The lowest BCUT2D eigenvalue weighted by Gasteiger charge is -2.28. The molecule has 2 fully saturated rings. The third-order valence-corrected chi connectivity index (χ3v) is 3.65. The van der Waals surface area contributed by atoms with Crippen LogP contribution in [0.4, 0.5) is 0 Å². The zero-order chi connectivity index (χ0) is 13.3. The van der Waals surface area contributed by atoms with Crippen molar-refractivity contribution >= 4 is 11.9 Å². The lowest BCUT2D eigenvalue weighted by Crippen LogP contribution is -2.44. The Bertz CT molecular complexity index is 342. The summed E-state index contributed by atoms with van der Waals surface area (Å²) in [6.45, 7) is 4.27. The second kappa shape index (κ2) is 5.26. The number of nitrogens with zero attached hydrogens (tertiary/aromatic N) is 1. The molecule has 2 saturated heterocycles. The first kappa shape index (κ1) is 13.3. The molecule has 1 N–H and O–H groups in total. The summed E-state index contributed by atoms with van der Waals surface area (Å²) >= 11 is 0. The highest BCUT2D eigenvalue weighted by Crippen LogP contribution is 2.39. The van der Waals surface area contributed by atoms with Crippen LogP contribution in [0, 0.1) is 11.8 Å². The van der Waals surface area contributed by atoms with Crippen LogP contribution < -0.4 is 0 Å². The average Bonchev–Trinajstić information content (AvgIpc) is 2.87. The van der Waals surface area contributed by atoms with Gasteiger partial charge in [-0.3, -0.25) is 9.59 Å². The first-order valence-corrected chi connectivity index (χ1v) is 6.63. The quantitative estimate of drug-likeness (QED) is 0.799. The van der Waals surface area contributed by atoms with E-state index in [2.05, 4.69) is 0 Å². The zero-order valence-electron chi connectivity index (χ0n) is 11.0. The van der Waals surface area contributed by atoms with Gasteiger partial charge in [0.25, 0.3) is 0 Å². The fourth-order valence-electron chi connectivity index (χ4n) is 2.97.